The zero-order chi connectivity index (χ0) is 13.8. The number of hydrogen-bond donors (Lipinski definition) is 1. The average molecular weight is 259 g/mol. The third-order valence-corrected chi connectivity index (χ3v) is 3.26. The average Bonchev–Trinajstić information content (AvgIpc) is 2.39. The Morgan fingerprint density at radius 3 is 2.68 bits per heavy atom. The molecule has 1 N–H and O–H groups in total. The third kappa shape index (κ3) is 3.04. The van der Waals surface area contributed by atoms with Crippen LogP contribution in [0.4, 0.5) is 0 Å². The number of rotatable bonds is 2. The molecule has 0 spiro atoms. The topological polar surface area (TPSA) is 56.4 Å². The zero-order valence-corrected chi connectivity index (χ0v) is 11.0. The maximum absolute atomic E-state index is 12.2. The Labute approximate surface area is 112 Å². The van der Waals surface area contributed by atoms with Crippen LogP contribution in [0.5, 0.6) is 0 Å². The van der Waals surface area contributed by atoms with Crippen molar-refractivity contribution in [2.45, 2.75) is 6.92 Å². The van der Waals surface area contributed by atoms with E-state index in [1.807, 2.05) is 0 Å². The van der Waals surface area contributed by atoms with E-state index in [0.717, 1.165) is 18.8 Å². The van der Waals surface area contributed by atoms with Gasteiger partial charge in [0.25, 0.3) is 5.91 Å². The van der Waals surface area contributed by atoms with E-state index in [0.29, 0.717) is 19.6 Å². The lowest BCUT2D eigenvalue weighted by atomic mass is 10.2. The highest BCUT2D eigenvalue weighted by Crippen LogP contribution is 2.05. The summed E-state index contributed by atoms with van der Waals surface area (Å²) in [5.41, 5.74) is 0.726. The van der Waals surface area contributed by atoms with Crippen LogP contribution in [-0.2, 0) is 0 Å². The number of carbonyl (C=O) groups is 1. The van der Waals surface area contributed by atoms with Crippen LogP contribution < -0.4 is 5.43 Å². The second-order valence-electron chi connectivity index (χ2n) is 4.67. The molecule has 5 heteroatoms. The molecular weight excluding hydrogens is 242 g/mol. The summed E-state index contributed by atoms with van der Waals surface area (Å²) < 4.78 is 0. The molecule has 19 heavy (non-hydrogen) atoms. The van der Waals surface area contributed by atoms with Crippen LogP contribution in [0, 0.1) is 19.3 Å². The van der Waals surface area contributed by atoms with Crippen molar-refractivity contribution in [1.29, 1.82) is 0 Å². The Kier molecular flexibility index (Phi) is 4.03. The number of terminal acetylenes is 1. The van der Waals surface area contributed by atoms with E-state index < -0.39 is 0 Å². The van der Waals surface area contributed by atoms with Gasteiger partial charge in [-0.25, -0.2) is 0 Å². The lowest BCUT2D eigenvalue weighted by molar-refractivity contribution is 0.0650. The van der Waals surface area contributed by atoms with E-state index in [-0.39, 0.29) is 16.9 Å². The number of aryl methyl sites for hydroxylation is 1. The van der Waals surface area contributed by atoms with Crippen LogP contribution in [0.15, 0.2) is 17.1 Å². The third-order valence-electron chi connectivity index (χ3n) is 3.26. The van der Waals surface area contributed by atoms with Gasteiger partial charge < -0.3 is 9.88 Å². The van der Waals surface area contributed by atoms with Crippen molar-refractivity contribution in [2.24, 2.45) is 0 Å². The molecule has 1 saturated heterocycles. The van der Waals surface area contributed by atoms with Gasteiger partial charge in [0, 0.05) is 44.1 Å². The first-order valence-corrected chi connectivity index (χ1v) is 6.26. The normalized spacial score (nSPS) is 16.1. The summed E-state index contributed by atoms with van der Waals surface area (Å²) in [4.78, 5) is 30.8. The standard InChI is InChI=1S/C14H17N3O2/c1-3-4-16-5-7-17(8-6-16)14(19)12-10-15-11(2)9-13(12)18/h1,9-10H,4-8H2,2H3,(H,15,18). The Hall–Kier alpha value is -2.06. The molecule has 0 aliphatic carbocycles. The summed E-state index contributed by atoms with van der Waals surface area (Å²) in [5, 5.41) is 0. The molecule has 0 aromatic carbocycles. The van der Waals surface area contributed by atoms with Gasteiger partial charge in [-0.3, -0.25) is 14.5 Å². The molecule has 2 heterocycles. The molecule has 1 fully saturated rings. The first kappa shape index (κ1) is 13.4. The number of hydrogen-bond acceptors (Lipinski definition) is 3. The lowest BCUT2D eigenvalue weighted by Crippen LogP contribution is -2.49. The predicted octanol–water partition coefficient (Wildman–Crippen LogP) is 0.0743. The Balaban J connectivity index is 2.06. The maximum Gasteiger partial charge on any atom is 0.259 e. The van der Waals surface area contributed by atoms with Crippen molar-refractivity contribution in [3.63, 3.8) is 0 Å². The smallest absolute Gasteiger partial charge is 0.259 e. The SMILES string of the molecule is C#CCN1CCN(C(=O)c2c[nH]c(C)cc2=O)CC1. The number of aromatic amines is 1. The van der Waals surface area contributed by atoms with E-state index in [2.05, 4.69) is 15.8 Å². The summed E-state index contributed by atoms with van der Waals surface area (Å²) in [5.74, 6) is 2.39. The van der Waals surface area contributed by atoms with Crippen molar-refractivity contribution in [3.8, 4) is 12.3 Å². The fourth-order valence-corrected chi connectivity index (χ4v) is 2.15. The summed E-state index contributed by atoms with van der Waals surface area (Å²) in [6.07, 6.45) is 6.76. The molecule has 0 saturated carbocycles. The van der Waals surface area contributed by atoms with Gasteiger partial charge in [-0.15, -0.1) is 6.42 Å². The van der Waals surface area contributed by atoms with Crippen molar-refractivity contribution in [3.05, 3.63) is 33.7 Å². The van der Waals surface area contributed by atoms with Crippen LogP contribution in [0.25, 0.3) is 0 Å². The number of amides is 1. The molecular formula is C14H17N3O2. The predicted molar refractivity (Wildman–Crippen MR) is 73.0 cm³/mol. The van der Waals surface area contributed by atoms with Crippen LogP contribution >= 0.6 is 0 Å². The molecule has 0 bridgehead atoms. The first-order valence-electron chi connectivity index (χ1n) is 6.26. The zero-order valence-electron chi connectivity index (χ0n) is 11.0. The molecule has 0 radical (unpaired) electrons. The second kappa shape index (κ2) is 5.72. The fourth-order valence-electron chi connectivity index (χ4n) is 2.15. The van der Waals surface area contributed by atoms with Crippen LogP contribution in [0.3, 0.4) is 0 Å². The Morgan fingerprint density at radius 2 is 2.11 bits per heavy atom. The summed E-state index contributed by atoms with van der Waals surface area (Å²) in [6.45, 7) is 5.10. The molecule has 1 aliphatic heterocycles. The first-order chi connectivity index (χ1) is 9.11. The number of nitrogens with zero attached hydrogens (tertiary/aromatic N) is 2. The second-order valence-corrected chi connectivity index (χ2v) is 4.67. The lowest BCUT2D eigenvalue weighted by Gasteiger charge is -2.33. The molecule has 1 aromatic heterocycles. The van der Waals surface area contributed by atoms with E-state index in [9.17, 15) is 9.59 Å². The van der Waals surface area contributed by atoms with Gasteiger partial charge in [0.15, 0.2) is 5.43 Å². The number of pyridine rings is 1. The minimum Gasteiger partial charge on any atom is -0.364 e. The minimum atomic E-state index is -0.229. The summed E-state index contributed by atoms with van der Waals surface area (Å²) >= 11 is 0. The van der Waals surface area contributed by atoms with Gasteiger partial charge >= 0.3 is 0 Å². The molecule has 2 rings (SSSR count). The molecule has 1 aromatic rings. The van der Waals surface area contributed by atoms with Gasteiger partial charge in [0.2, 0.25) is 0 Å². The quantitative estimate of drug-likeness (QED) is 0.765. The number of piperazine rings is 1. The fraction of sp³-hybridized carbons (Fsp3) is 0.429. The summed E-state index contributed by atoms with van der Waals surface area (Å²) in [6, 6.07) is 1.45. The number of carbonyl (C=O) groups excluding carboxylic acids is 1. The maximum atomic E-state index is 12.2. The van der Waals surface area contributed by atoms with E-state index in [1.165, 1.54) is 12.3 Å². The summed E-state index contributed by atoms with van der Waals surface area (Å²) in [7, 11) is 0. The van der Waals surface area contributed by atoms with Gasteiger partial charge in [0.05, 0.1) is 6.54 Å². The molecule has 1 aliphatic rings. The van der Waals surface area contributed by atoms with Crippen molar-refractivity contribution < 1.29 is 4.79 Å². The van der Waals surface area contributed by atoms with Gasteiger partial charge in [-0.1, -0.05) is 5.92 Å². The Bertz CT molecular complexity index is 563. The van der Waals surface area contributed by atoms with E-state index in [4.69, 9.17) is 6.42 Å². The van der Waals surface area contributed by atoms with Gasteiger partial charge in [-0.05, 0) is 6.92 Å². The minimum absolute atomic E-state index is 0.205. The number of H-pyrrole nitrogens is 1. The number of aromatic nitrogens is 1. The van der Waals surface area contributed by atoms with E-state index in [1.54, 1.807) is 11.8 Å². The highest BCUT2D eigenvalue weighted by molar-refractivity contribution is 5.93. The van der Waals surface area contributed by atoms with Gasteiger partial charge in [-0.2, -0.15) is 0 Å². The van der Waals surface area contributed by atoms with Crippen LogP contribution in [0.2, 0.25) is 0 Å². The van der Waals surface area contributed by atoms with Crippen molar-refractivity contribution >= 4 is 5.91 Å². The highest BCUT2D eigenvalue weighted by Gasteiger charge is 2.23. The van der Waals surface area contributed by atoms with Crippen LogP contribution in [-0.4, -0.2) is 53.4 Å². The van der Waals surface area contributed by atoms with E-state index >= 15 is 0 Å². The molecule has 0 unspecified atom stereocenters. The van der Waals surface area contributed by atoms with Crippen molar-refractivity contribution in [2.75, 3.05) is 32.7 Å². The van der Waals surface area contributed by atoms with Crippen molar-refractivity contribution in [1.82, 2.24) is 14.8 Å². The highest BCUT2D eigenvalue weighted by atomic mass is 16.2. The van der Waals surface area contributed by atoms with Gasteiger partial charge in [0.1, 0.15) is 5.56 Å². The van der Waals surface area contributed by atoms with Crippen LogP contribution in [0.1, 0.15) is 16.1 Å². The molecule has 100 valence electrons. The molecule has 5 nitrogen and oxygen atoms in total. The molecule has 1 amide bonds. The monoisotopic (exact) mass is 259 g/mol. The molecule has 0 atom stereocenters. The largest absolute Gasteiger partial charge is 0.364 e. The number of nitrogens with one attached hydrogen (secondary N) is 1. The Morgan fingerprint density at radius 1 is 1.42 bits per heavy atom.